The zero-order valence-corrected chi connectivity index (χ0v) is 17.2. The van der Waals surface area contributed by atoms with Crippen LogP contribution in [0.2, 0.25) is 5.02 Å². The van der Waals surface area contributed by atoms with Crippen LogP contribution in [-0.4, -0.2) is 15.5 Å². The van der Waals surface area contributed by atoms with Gasteiger partial charge in [0.1, 0.15) is 5.82 Å². The lowest BCUT2D eigenvalue weighted by Gasteiger charge is -2.21. The molecule has 2 aromatic carbocycles. The average Bonchev–Trinajstić information content (AvgIpc) is 2.71. The Hall–Kier alpha value is -2.66. The third-order valence-electron chi connectivity index (χ3n) is 5.62. The topological polar surface area (TPSA) is 64.0 Å². The van der Waals surface area contributed by atoms with Gasteiger partial charge in [0.25, 0.3) is 5.56 Å². The van der Waals surface area contributed by atoms with E-state index >= 15 is 0 Å². The molecule has 3 aromatic rings. The Bertz CT molecular complexity index is 1120. The molecule has 150 valence electrons. The summed E-state index contributed by atoms with van der Waals surface area (Å²) in [5, 5.41) is 3.94. The van der Waals surface area contributed by atoms with Crippen molar-refractivity contribution in [2.24, 2.45) is 5.92 Å². The quantitative estimate of drug-likeness (QED) is 0.639. The second kappa shape index (κ2) is 8.37. The first-order valence-corrected chi connectivity index (χ1v) is 10.5. The first-order valence-electron chi connectivity index (χ1n) is 10.1. The molecule has 1 aliphatic rings. The van der Waals surface area contributed by atoms with Gasteiger partial charge in [0, 0.05) is 6.42 Å². The fourth-order valence-electron chi connectivity index (χ4n) is 4.15. The molecule has 6 heteroatoms. The molecule has 1 aliphatic carbocycles. The Kier molecular flexibility index (Phi) is 5.67. The Morgan fingerprint density at radius 2 is 1.93 bits per heavy atom. The Morgan fingerprint density at radius 3 is 2.72 bits per heavy atom. The third kappa shape index (κ3) is 4.20. The van der Waals surface area contributed by atoms with E-state index in [4.69, 9.17) is 11.6 Å². The van der Waals surface area contributed by atoms with Gasteiger partial charge in [-0.25, -0.2) is 4.98 Å². The fourth-order valence-corrected chi connectivity index (χ4v) is 4.32. The molecule has 4 rings (SSSR count). The average molecular weight is 410 g/mol. The molecular formula is C23H24ClN3O2. The van der Waals surface area contributed by atoms with Gasteiger partial charge < -0.3 is 5.32 Å². The molecule has 5 nitrogen and oxygen atoms in total. The van der Waals surface area contributed by atoms with E-state index in [1.807, 2.05) is 18.2 Å². The van der Waals surface area contributed by atoms with E-state index in [1.54, 1.807) is 35.8 Å². The SMILES string of the molecule is Cc1nc2ccccc2c(=O)n1-c1ccc(Cl)c(NC(=O)CC2CCCCC2)c1. The van der Waals surface area contributed by atoms with Crippen LogP contribution in [0, 0.1) is 12.8 Å². The van der Waals surface area contributed by atoms with Gasteiger partial charge in [0.2, 0.25) is 5.91 Å². The first kappa shape index (κ1) is 19.6. The molecule has 1 N–H and O–H groups in total. The Morgan fingerprint density at radius 1 is 1.17 bits per heavy atom. The van der Waals surface area contributed by atoms with E-state index in [9.17, 15) is 9.59 Å². The van der Waals surface area contributed by atoms with E-state index in [0.717, 1.165) is 12.8 Å². The lowest BCUT2D eigenvalue weighted by atomic mass is 9.87. The van der Waals surface area contributed by atoms with E-state index in [-0.39, 0.29) is 11.5 Å². The summed E-state index contributed by atoms with van der Waals surface area (Å²) >= 11 is 6.33. The summed E-state index contributed by atoms with van der Waals surface area (Å²) in [4.78, 5) is 30.1. The van der Waals surface area contributed by atoms with Gasteiger partial charge in [0.15, 0.2) is 0 Å². The summed E-state index contributed by atoms with van der Waals surface area (Å²) in [7, 11) is 0. The van der Waals surface area contributed by atoms with Gasteiger partial charge in [-0.1, -0.05) is 43.0 Å². The molecule has 1 amide bonds. The van der Waals surface area contributed by atoms with Crippen LogP contribution < -0.4 is 10.9 Å². The maximum absolute atomic E-state index is 13.0. The molecule has 1 saturated carbocycles. The number of halogens is 1. The third-order valence-corrected chi connectivity index (χ3v) is 5.95. The maximum Gasteiger partial charge on any atom is 0.265 e. The lowest BCUT2D eigenvalue weighted by Crippen LogP contribution is -2.23. The molecular weight excluding hydrogens is 386 g/mol. The second-order valence-electron chi connectivity index (χ2n) is 7.74. The number of para-hydroxylation sites is 1. The number of aromatic nitrogens is 2. The smallest absolute Gasteiger partial charge is 0.265 e. The minimum absolute atomic E-state index is 0.0309. The van der Waals surface area contributed by atoms with Crippen LogP contribution in [0.5, 0.6) is 0 Å². The molecule has 0 unspecified atom stereocenters. The van der Waals surface area contributed by atoms with Crippen molar-refractivity contribution in [3.63, 3.8) is 0 Å². The summed E-state index contributed by atoms with van der Waals surface area (Å²) in [5.41, 5.74) is 1.67. The van der Waals surface area contributed by atoms with Crippen molar-refractivity contribution < 1.29 is 4.79 Å². The van der Waals surface area contributed by atoms with Crippen molar-refractivity contribution in [2.45, 2.75) is 45.4 Å². The summed E-state index contributed by atoms with van der Waals surface area (Å²) in [5.74, 6) is 0.993. The van der Waals surface area contributed by atoms with Gasteiger partial charge in [-0.2, -0.15) is 0 Å². The molecule has 1 fully saturated rings. The van der Waals surface area contributed by atoms with Crippen molar-refractivity contribution in [2.75, 3.05) is 5.32 Å². The highest BCUT2D eigenvalue weighted by Gasteiger charge is 2.18. The van der Waals surface area contributed by atoms with Crippen LogP contribution in [0.1, 0.15) is 44.3 Å². The normalized spacial score (nSPS) is 14.8. The number of amides is 1. The number of hydrogen-bond acceptors (Lipinski definition) is 3. The van der Waals surface area contributed by atoms with Crippen LogP contribution >= 0.6 is 11.6 Å². The Balaban J connectivity index is 1.64. The lowest BCUT2D eigenvalue weighted by molar-refractivity contribution is -0.117. The summed E-state index contributed by atoms with van der Waals surface area (Å²) in [6.45, 7) is 1.80. The molecule has 0 aliphatic heterocycles. The van der Waals surface area contributed by atoms with E-state index in [1.165, 1.54) is 19.3 Å². The van der Waals surface area contributed by atoms with Crippen molar-refractivity contribution in [1.29, 1.82) is 0 Å². The molecule has 1 aromatic heterocycles. The number of hydrogen-bond donors (Lipinski definition) is 1. The standard InChI is InChI=1S/C23H24ClN3O2/c1-15-25-20-10-6-5-9-18(20)23(29)27(15)17-11-12-19(24)21(14-17)26-22(28)13-16-7-3-2-4-8-16/h5-6,9-12,14,16H,2-4,7-8,13H2,1H3,(H,26,28). The molecule has 29 heavy (non-hydrogen) atoms. The minimum Gasteiger partial charge on any atom is -0.325 e. The van der Waals surface area contributed by atoms with Crippen LogP contribution in [0.25, 0.3) is 16.6 Å². The number of carbonyl (C=O) groups excluding carboxylic acids is 1. The number of anilines is 1. The first-order chi connectivity index (χ1) is 14.0. The fraction of sp³-hybridized carbons (Fsp3) is 0.348. The highest BCUT2D eigenvalue weighted by molar-refractivity contribution is 6.33. The number of rotatable bonds is 4. The summed E-state index contributed by atoms with van der Waals surface area (Å²) in [6.07, 6.45) is 6.39. The maximum atomic E-state index is 13.0. The number of nitrogens with one attached hydrogen (secondary N) is 1. The van der Waals surface area contributed by atoms with Gasteiger partial charge in [-0.05, 0) is 56.0 Å². The minimum atomic E-state index is -0.144. The summed E-state index contributed by atoms with van der Waals surface area (Å²) in [6, 6.07) is 12.5. The molecule has 0 bridgehead atoms. The molecule has 1 heterocycles. The van der Waals surface area contributed by atoms with Gasteiger partial charge >= 0.3 is 0 Å². The number of carbonyl (C=O) groups is 1. The van der Waals surface area contributed by atoms with Gasteiger partial charge in [-0.3, -0.25) is 14.2 Å². The second-order valence-corrected chi connectivity index (χ2v) is 8.14. The zero-order chi connectivity index (χ0) is 20.4. The molecule has 0 atom stereocenters. The van der Waals surface area contributed by atoms with Crippen molar-refractivity contribution >= 4 is 34.1 Å². The predicted molar refractivity (Wildman–Crippen MR) is 117 cm³/mol. The number of fused-ring (bicyclic) bond motifs is 1. The van der Waals surface area contributed by atoms with Crippen molar-refractivity contribution in [3.05, 3.63) is 63.7 Å². The van der Waals surface area contributed by atoms with E-state index in [2.05, 4.69) is 10.3 Å². The Labute approximate surface area is 174 Å². The molecule has 0 spiro atoms. The monoisotopic (exact) mass is 409 g/mol. The van der Waals surface area contributed by atoms with Crippen molar-refractivity contribution in [1.82, 2.24) is 9.55 Å². The number of nitrogens with zero attached hydrogens (tertiary/aromatic N) is 2. The highest BCUT2D eigenvalue weighted by Crippen LogP contribution is 2.29. The van der Waals surface area contributed by atoms with Gasteiger partial charge in [-0.15, -0.1) is 0 Å². The van der Waals surface area contributed by atoms with Crippen LogP contribution in [0.3, 0.4) is 0 Å². The van der Waals surface area contributed by atoms with Crippen molar-refractivity contribution in [3.8, 4) is 5.69 Å². The van der Waals surface area contributed by atoms with Crippen LogP contribution in [0.15, 0.2) is 47.3 Å². The number of aryl methyl sites for hydroxylation is 1. The predicted octanol–water partition coefficient (Wildman–Crippen LogP) is 5.26. The van der Waals surface area contributed by atoms with Crippen LogP contribution in [0.4, 0.5) is 5.69 Å². The number of benzene rings is 2. The van der Waals surface area contributed by atoms with E-state index in [0.29, 0.717) is 45.5 Å². The summed E-state index contributed by atoms with van der Waals surface area (Å²) < 4.78 is 1.55. The molecule has 0 saturated heterocycles. The van der Waals surface area contributed by atoms with Crippen LogP contribution in [-0.2, 0) is 4.79 Å². The highest BCUT2D eigenvalue weighted by atomic mass is 35.5. The zero-order valence-electron chi connectivity index (χ0n) is 16.5. The molecule has 0 radical (unpaired) electrons. The largest absolute Gasteiger partial charge is 0.325 e. The van der Waals surface area contributed by atoms with E-state index < -0.39 is 0 Å². The van der Waals surface area contributed by atoms with Gasteiger partial charge in [0.05, 0.1) is 27.3 Å².